The Morgan fingerprint density at radius 3 is 1.76 bits per heavy atom. The van der Waals surface area contributed by atoms with E-state index >= 15 is 0 Å². The lowest BCUT2D eigenvalue weighted by molar-refractivity contribution is 0.165. The number of pyridine rings is 2. The smallest absolute Gasteiger partial charge is 0.146 e. The third kappa shape index (κ3) is 2.48. The van der Waals surface area contributed by atoms with Crippen LogP contribution in [0.4, 0.5) is 0 Å². The van der Waals surface area contributed by atoms with Crippen LogP contribution >= 0.6 is 0 Å². The van der Waals surface area contributed by atoms with Crippen molar-refractivity contribution < 1.29 is 4.42 Å². The molecule has 4 atom stereocenters. The number of hydrogen-bond donors (Lipinski definition) is 0. The molecule has 46 heavy (non-hydrogen) atoms. The van der Waals surface area contributed by atoms with Gasteiger partial charge in [-0.2, -0.15) is 0 Å². The molecule has 0 aliphatic heterocycles. The third-order valence-electron chi connectivity index (χ3n) is 14.7. The van der Waals surface area contributed by atoms with Gasteiger partial charge in [-0.3, -0.25) is 9.97 Å². The van der Waals surface area contributed by atoms with Gasteiger partial charge in [0.25, 0.3) is 0 Å². The van der Waals surface area contributed by atoms with E-state index in [1.54, 1.807) is 11.1 Å². The summed E-state index contributed by atoms with van der Waals surface area (Å²) in [6.07, 6.45) is 18.2. The fourth-order valence-corrected chi connectivity index (χ4v) is 13.7. The van der Waals surface area contributed by atoms with E-state index in [0.29, 0.717) is 23.7 Å². The van der Waals surface area contributed by atoms with E-state index in [1.807, 2.05) is 0 Å². The van der Waals surface area contributed by atoms with E-state index < -0.39 is 0 Å². The van der Waals surface area contributed by atoms with Crippen LogP contribution in [-0.2, 0) is 0 Å². The summed E-state index contributed by atoms with van der Waals surface area (Å²) in [6.45, 7) is 0. The first-order valence-corrected chi connectivity index (χ1v) is 18.3. The van der Waals surface area contributed by atoms with E-state index in [0.717, 1.165) is 34.8 Å². The van der Waals surface area contributed by atoms with Gasteiger partial charge < -0.3 is 8.82 Å². The highest BCUT2D eigenvalue weighted by Crippen LogP contribution is 2.61. The number of furan rings is 1. The fraction of sp³-hybridized carbons (Fsp3) is 0.429. The van der Waals surface area contributed by atoms with Gasteiger partial charge in [-0.25, -0.2) is 0 Å². The molecular weight excluding hydrogens is 562 g/mol. The SMILES string of the molecule is c1cc2ccc3c4c(oc(c1)c24)c1c2c4c(ncc2n2c5cnc6c(c5c3c12)C1CC2CC(CC6C2)C1)C1CC2CC(C1)CC4C2. The molecule has 8 aromatic rings. The first kappa shape index (κ1) is 23.4. The minimum absolute atomic E-state index is 0.613. The van der Waals surface area contributed by atoms with Gasteiger partial charge in [0, 0.05) is 50.2 Å². The Bertz CT molecular complexity index is 2650. The van der Waals surface area contributed by atoms with Crippen LogP contribution in [0.3, 0.4) is 0 Å². The lowest BCUT2D eigenvalue weighted by Crippen LogP contribution is -2.25. The van der Waals surface area contributed by atoms with Gasteiger partial charge >= 0.3 is 0 Å². The van der Waals surface area contributed by atoms with E-state index in [4.69, 9.17) is 14.4 Å². The van der Waals surface area contributed by atoms with E-state index in [2.05, 4.69) is 47.1 Å². The number of nitrogens with zero attached hydrogens (tertiary/aromatic N) is 3. The van der Waals surface area contributed by atoms with Gasteiger partial charge in [-0.05, 0) is 128 Å². The molecule has 0 radical (unpaired) electrons. The molecular formula is C42H35N3O. The average Bonchev–Trinajstić information content (AvgIpc) is 3.64. The predicted molar refractivity (Wildman–Crippen MR) is 184 cm³/mol. The van der Waals surface area contributed by atoms with Gasteiger partial charge in [0.15, 0.2) is 0 Å². The van der Waals surface area contributed by atoms with Crippen molar-refractivity contribution in [3.63, 3.8) is 0 Å². The molecule has 4 fully saturated rings. The Labute approximate surface area is 265 Å². The van der Waals surface area contributed by atoms with Crippen LogP contribution in [0, 0.1) is 23.7 Å². The minimum Gasteiger partial charge on any atom is -0.455 e. The molecule has 4 nitrogen and oxygen atoms in total. The zero-order valence-electron chi connectivity index (χ0n) is 26.0. The quantitative estimate of drug-likeness (QED) is 0.163. The van der Waals surface area contributed by atoms with E-state index in [1.165, 1.54) is 135 Å². The van der Waals surface area contributed by atoms with E-state index in [9.17, 15) is 0 Å². The number of aromatic nitrogens is 3. The molecule has 4 saturated carbocycles. The first-order chi connectivity index (χ1) is 22.7. The standard InChI is InChI=1S/C42H35N3O/c1-2-22-4-5-27-34-36-28(16-43-39-25-12-18-6-19(13-25)9-23(8-18)32(36)39)45-29-17-44-40-26-14-20-7-21(15-26)11-24(10-20)33(40)37(29)38(41(34)45)42-35(27)31(22)30(3-1)46-42/h1-5,16-21,23-26H,6-15H2. The minimum atomic E-state index is 0.613. The summed E-state index contributed by atoms with van der Waals surface area (Å²) in [5.74, 6) is 5.97. The van der Waals surface area contributed by atoms with Crippen molar-refractivity contribution in [1.82, 2.24) is 14.4 Å². The number of rotatable bonds is 0. The van der Waals surface area contributed by atoms with Gasteiger partial charge in [-0.15, -0.1) is 0 Å². The maximum absolute atomic E-state index is 7.07. The van der Waals surface area contributed by atoms with Crippen LogP contribution in [0.2, 0.25) is 0 Å². The summed E-state index contributed by atoms with van der Waals surface area (Å²) in [5.41, 5.74) is 12.2. The summed E-state index contributed by atoms with van der Waals surface area (Å²) in [5, 5.41) is 11.1. The van der Waals surface area contributed by atoms with Crippen LogP contribution in [-0.4, -0.2) is 14.4 Å². The van der Waals surface area contributed by atoms with Gasteiger partial charge in [0.1, 0.15) is 11.2 Å². The normalized spacial score (nSPS) is 32.8. The highest BCUT2D eigenvalue weighted by atomic mass is 16.3. The van der Waals surface area contributed by atoms with Crippen LogP contribution < -0.4 is 0 Å². The maximum atomic E-state index is 7.07. The predicted octanol–water partition coefficient (Wildman–Crippen LogP) is 10.9. The zero-order valence-corrected chi connectivity index (χ0v) is 26.0. The molecule has 8 aliphatic rings. The summed E-state index contributed by atoms with van der Waals surface area (Å²) >= 11 is 0. The Balaban J connectivity index is 1.25. The molecule has 0 spiro atoms. The Hall–Kier alpha value is -3.92. The molecule has 4 unspecified atom stereocenters. The molecule has 8 aliphatic carbocycles. The van der Waals surface area contributed by atoms with Crippen molar-refractivity contribution in [1.29, 1.82) is 0 Å². The molecule has 5 aromatic heterocycles. The maximum Gasteiger partial charge on any atom is 0.146 e. The molecule has 5 heterocycles. The summed E-state index contributed by atoms with van der Waals surface area (Å²) in [6, 6.07) is 11.4. The molecule has 0 amide bonds. The van der Waals surface area contributed by atoms with Crippen molar-refractivity contribution in [2.75, 3.05) is 0 Å². The van der Waals surface area contributed by atoms with Crippen molar-refractivity contribution in [3.05, 3.63) is 65.2 Å². The lowest BCUT2D eigenvalue weighted by atomic mass is 9.67. The highest BCUT2D eigenvalue weighted by molar-refractivity contribution is 6.42. The van der Waals surface area contributed by atoms with Crippen molar-refractivity contribution in [3.8, 4) is 0 Å². The molecule has 224 valence electrons. The van der Waals surface area contributed by atoms with Crippen LogP contribution in [0.15, 0.2) is 47.1 Å². The topological polar surface area (TPSA) is 43.3 Å². The Morgan fingerprint density at radius 1 is 0.543 bits per heavy atom. The summed E-state index contributed by atoms with van der Waals surface area (Å²) < 4.78 is 9.69. The number of benzene rings is 3. The monoisotopic (exact) mass is 597 g/mol. The van der Waals surface area contributed by atoms with Crippen molar-refractivity contribution in [2.24, 2.45) is 23.7 Å². The van der Waals surface area contributed by atoms with Crippen LogP contribution in [0.25, 0.3) is 70.8 Å². The third-order valence-corrected chi connectivity index (χ3v) is 14.7. The molecule has 0 saturated heterocycles. The zero-order chi connectivity index (χ0) is 29.2. The molecule has 8 bridgehead atoms. The average molecular weight is 598 g/mol. The second-order valence-corrected chi connectivity index (χ2v) is 17.0. The largest absolute Gasteiger partial charge is 0.455 e. The Kier molecular flexibility index (Phi) is 3.79. The second kappa shape index (κ2) is 7.46. The molecule has 0 N–H and O–H groups in total. The number of hydrogen-bond acceptors (Lipinski definition) is 3. The first-order valence-electron chi connectivity index (χ1n) is 18.3. The van der Waals surface area contributed by atoms with E-state index in [-0.39, 0.29) is 0 Å². The summed E-state index contributed by atoms with van der Waals surface area (Å²) in [4.78, 5) is 10.9. The summed E-state index contributed by atoms with van der Waals surface area (Å²) in [7, 11) is 0. The van der Waals surface area contributed by atoms with Gasteiger partial charge in [0.2, 0.25) is 0 Å². The van der Waals surface area contributed by atoms with Gasteiger partial charge in [-0.1, -0.05) is 24.3 Å². The van der Waals surface area contributed by atoms with Crippen LogP contribution in [0.1, 0.15) is 110 Å². The highest BCUT2D eigenvalue weighted by Gasteiger charge is 2.46. The second-order valence-electron chi connectivity index (χ2n) is 17.0. The molecule has 3 aromatic carbocycles. The van der Waals surface area contributed by atoms with Crippen molar-refractivity contribution >= 4 is 70.8 Å². The van der Waals surface area contributed by atoms with Crippen LogP contribution in [0.5, 0.6) is 0 Å². The molecule has 16 rings (SSSR count). The Morgan fingerprint density at radius 2 is 1.13 bits per heavy atom. The molecule has 4 heteroatoms. The fourth-order valence-electron chi connectivity index (χ4n) is 13.7. The van der Waals surface area contributed by atoms with Gasteiger partial charge in [0.05, 0.1) is 34.3 Å². The number of fused-ring (bicyclic) bond motifs is 8. The lowest BCUT2D eigenvalue weighted by Gasteiger charge is -2.38. The van der Waals surface area contributed by atoms with Crippen molar-refractivity contribution in [2.45, 2.75) is 87.9 Å².